The zero-order valence-corrected chi connectivity index (χ0v) is 7.92. The monoisotopic (exact) mass is 170 g/mol. The second kappa shape index (κ2) is 3.23. The third-order valence-electron chi connectivity index (χ3n) is 1.70. The van der Waals surface area contributed by atoms with E-state index in [-0.39, 0.29) is 5.60 Å². The fourth-order valence-electron chi connectivity index (χ4n) is 0.848. The molecule has 0 saturated carbocycles. The van der Waals surface area contributed by atoms with Crippen LogP contribution in [0.25, 0.3) is 0 Å². The summed E-state index contributed by atoms with van der Waals surface area (Å²) in [6.45, 7) is 5.76. The maximum Gasteiger partial charge on any atom is 0.229 e. The Morgan fingerprint density at radius 2 is 2.17 bits per heavy atom. The summed E-state index contributed by atoms with van der Waals surface area (Å²) >= 11 is 0. The van der Waals surface area contributed by atoms with Gasteiger partial charge in [0.2, 0.25) is 5.89 Å². The van der Waals surface area contributed by atoms with Gasteiger partial charge in [0.25, 0.3) is 0 Å². The van der Waals surface area contributed by atoms with Gasteiger partial charge in [-0.1, -0.05) is 5.16 Å². The molecule has 0 saturated heterocycles. The van der Waals surface area contributed by atoms with E-state index in [4.69, 9.17) is 9.26 Å². The molecule has 1 rings (SSSR count). The largest absolute Gasteiger partial charge is 0.378 e. The van der Waals surface area contributed by atoms with Crippen molar-refractivity contribution in [1.29, 1.82) is 0 Å². The van der Waals surface area contributed by atoms with Gasteiger partial charge in [-0.15, -0.1) is 0 Å². The van der Waals surface area contributed by atoms with Gasteiger partial charge in [0.1, 0.15) is 0 Å². The van der Waals surface area contributed by atoms with E-state index in [1.807, 2.05) is 13.8 Å². The minimum atomic E-state index is -0.237. The van der Waals surface area contributed by atoms with E-state index >= 15 is 0 Å². The topological polar surface area (TPSA) is 48.2 Å². The fourth-order valence-corrected chi connectivity index (χ4v) is 0.848. The molecular formula is C8H14N2O2. The Bertz CT molecular complexity index is 255. The molecule has 0 spiro atoms. The normalized spacial score (nSPS) is 12.0. The van der Waals surface area contributed by atoms with Crippen molar-refractivity contribution >= 4 is 0 Å². The van der Waals surface area contributed by atoms with Crippen LogP contribution in [-0.4, -0.2) is 22.9 Å². The van der Waals surface area contributed by atoms with Crippen molar-refractivity contribution in [2.24, 2.45) is 0 Å². The van der Waals surface area contributed by atoms with Gasteiger partial charge in [-0.05, 0) is 20.8 Å². The molecule has 0 atom stereocenters. The Morgan fingerprint density at radius 1 is 1.50 bits per heavy atom. The first-order chi connectivity index (χ1) is 5.53. The van der Waals surface area contributed by atoms with E-state index in [0.29, 0.717) is 18.1 Å². The molecule has 1 aromatic heterocycles. The van der Waals surface area contributed by atoms with Gasteiger partial charge in [-0.2, -0.15) is 4.98 Å². The summed E-state index contributed by atoms with van der Waals surface area (Å²) in [5.41, 5.74) is -0.237. The number of rotatable bonds is 3. The highest BCUT2D eigenvalue weighted by Gasteiger charge is 2.20. The highest BCUT2D eigenvalue weighted by Crippen LogP contribution is 2.14. The van der Waals surface area contributed by atoms with Crippen molar-refractivity contribution in [2.75, 3.05) is 7.11 Å². The summed E-state index contributed by atoms with van der Waals surface area (Å²) in [7, 11) is 1.67. The van der Waals surface area contributed by atoms with E-state index < -0.39 is 0 Å². The Hall–Kier alpha value is -0.900. The van der Waals surface area contributed by atoms with E-state index in [1.54, 1.807) is 14.0 Å². The molecule has 0 amide bonds. The van der Waals surface area contributed by atoms with Crippen LogP contribution in [0.5, 0.6) is 0 Å². The molecule has 0 fully saturated rings. The number of nitrogens with zero attached hydrogens (tertiary/aromatic N) is 2. The number of hydrogen-bond donors (Lipinski definition) is 0. The van der Waals surface area contributed by atoms with Crippen LogP contribution in [0.3, 0.4) is 0 Å². The van der Waals surface area contributed by atoms with E-state index in [9.17, 15) is 0 Å². The van der Waals surface area contributed by atoms with Crippen molar-refractivity contribution in [2.45, 2.75) is 32.8 Å². The van der Waals surface area contributed by atoms with Crippen LogP contribution in [0.15, 0.2) is 4.52 Å². The average molecular weight is 170 g/mol. The standard InChI is InChI=1S/C8H14N2O2/c1-6-9-7(12-10-6)5-8(2,3)11-4/h5H2,1-4H3. The van der Waals surface area contributed by atoms with Gasteiger partial charge in [-0.3, -0.25) is 0 Å². The molecule has 1 heterocycles. The average Bonchev–Trinajstić information content (AvgIpc) is 2.35. The predicted molar refractivity (Wildman–Crippen MR) is 43.8 cm³/mol. The van der Waals surface area contributed by atoms with Crippen LogP contribution in [-0.2, 0) is 11.2 Å². The van der Waals surface area contributed by atoms with Crippen LogP contribution >= 0.6 is 0 Å². The van der Waals surface area contributed by atoms with Crippen LogP contribution < -0.4 is 0 Å². The highest BCUT2D eigenvalue weighted by atomic mass is 16.5. The first kappa shape index (κ1) is 9.19. The maximum atomic E-state index is 5.22. The van der Waals surface area contributed by atoms with Crippen LogP contribution in [0.1, 0.15) is 25.6 Å². The Morgan fingerprint density at radius 3 is 2.58 bits per heavy atom. The first-order valence-corrected chi connectivity index (χ1v) is 3.88. The summed E-state index contributed by atoms with van der Waals surface area (Å²) < 4.78 is 10.2. The number of methoxy groups -OCH3 is 1. The van der Waals surface area contributed by atoms with Gasteiger partial charge >= 0.3 is 0 Å². The smallest absolute Gasteiger partial charge is 0.229 e. The summed E-state index contributed by atoms with van der Waals surface area (Å²) in [5, 5.41) is 3.69. The van der Waals surface area contributed by atoms with E-state index in [2.05, 4.69) is 10.1 Å². The van der Waals surface area contributed by atoms with Gasteiger partial charge < -0.3 is 9.26 Å². The van der Waals surface area contributed by atoms with Gasteiger partial charge in [0.15, 0.2) is 5.82 Å². The SMILES string of the molecule is COC(C)(C)Cc1nc(C)no1. The number of aromatic nitrogens is 2. The van der Waals surface area contributed by atoms with Gasteiger partial charge in [-0.25, -0.2) is 0 Å². The minimum Gasteiger partial charge on any atom is -0.378 e. The Balaban J connectivity index is 2.63. The van der Waals surface area contributed by atoms with Crippen molar-refractivity contribution in [3.05, 3.63) is 11.7 Å². The van der Waals surface area contributed by atoms with Crippen LogP contribution in [0, 0.1) is 6.92 Å². The molecule has 4 nitrogen and oxygen atoms in total. The number of aryl methyl sites for hydroxylation is 1. The zero-order valence-electron chi connectivity index (χ0n) is 7.92. The van der Waals surface area contributed by atoms with E-state index in [1.165, 1.54) is 0 Å². The molecule has 12 heavy (non-hydrogen) atoms. The quantitative estimate of drug-likeness (QED) is 0.687. The lowest BCUT2D eigenvalue weighted by Crippen LogP contribution is -2.25. The number of ether oxygens (including phenoxy) is 1. The number of hydrogen-bond acceptors (Lipinski definition) is 4. The lowest BCUT2D eigenvalue weighted by Gasteiger charge is -2.19. The molecule has 0 aliphatic heterocycles. The lowest BCUT2D eigenvalue weighted by atomic mass is 10.1. The maximum absolute atomic E-state index is 5.22. The van der Waals surface area contributed by atoms with Crippen molar-refractivity contribution < 1.29 is 9.26 Å². The molecule has 0 aliphatic rings. The molecule has 0 N–H and O–H groups in total. The first-order valence-electron chi connectivity index (χ1n) is 3.88. The van der Waals surface area contributed by atoms with Crippen molar-refractivity contribution in [1.82, 2.24) is 10.1 Å². The summed E-state index contributed by atoms with van der Waals surface area (Å²) in [4.78, 5) is 4.09. The fraction of sp³-hybridized carbons (Fsp3) is 0.750. The van der Waals surface area contributed by atoms with Crippen molar-refractivity contribution in [3.63, 3.8) is 0 Å². The third-order valence-corrected chi connectivity index (χ3v) is 1.70. The predicted octanol–water partition coefficient (Wildman–Crippen LogP) is 1.35. The zero-order chi connectivity index (χ0) is 9.19. The van der Waals surface area contributed by atoms with Crippen LogP contribution in [0.2, 0.25) is 0 Å². The summed E-state index contributed by atoms with van der Waals surface area (Å²) in [6, 6.07) is 0. The lowest BCUT2D eigenvalue weighted by molar-refractivity contribution is 0.0170. The minimum absolute atomic E-state index is 0.237. The van der Waals surface area contributed by atoms with E-state index in [0.717, 1.165) is 0 Å². The van der Waals surface area contributed by atoms with Gasteiger partial charge in [0.05, 0.1) is 12.0 Å². The third kappa shape index (κ3) is 2.30. The Kier molecular flexibility index (Phi) is 2.47. The molecule has 0 bridgehead atoms. The molecule has 0 aliphatic carbocycles. The molecule has 4 heteroatoms. The summed E-state index contributed by atoms with van der Waals surface area (Å²) in [5.74, 6) is 1.29. The molecule has 68 valence electrons. The van der Waals surface area contributed by atoms with Crippen LogP contribution in [0.4, 0.5) is 0 Å². The molecule has 0 aromatic carbocycles. The molecule has 0 radical (unpaired) electrons. The highest BCUT2D eigenvalue weighted by molar-refractivity contribution is 4.88. The van der Waals surface area contributed by atoms with Crippen molar-refractivity contribution in [3.8, 4) is 0 Å². The Labute approximate surface area is 71.9 Å². The van der Waals surface area contributed by atoms with Gasteiger partial charge in [0, 0.05) is 7.11 Å². The second-order valence-corrected chi connectivity index (χ2v) is 3.38. The molecular weight excluding hydrogens is 156 g/mol. The summed E-state index contributed by atoms with van der Waals surface area (Å²) in [6.07, 6.45) is 0.643. The molecule has 0 unspecified atom stereocenters. The molecule has 1 aromatic rings. The second-order valence-electron chi connectivity index (χ2n) is 3.38.